The number of fused-ring (bicyclic) bond motifs is 4. The van der Waals surface area contributed by atoms with Gasteiger partial charge in [-0.15, -0.1) is 6.58 Å². The number of carbonyl (C=O) groups is 2. The molecule has 0 bridgehead atoms. The van der Waals surface area contributed by atoms with Gasteiger partial charge in [-0.1, -0.05) is 44.9 Å². The number of cyclic esters (lactones) is 1. The second kappa shape index (κ2) is 27.7. The maximum Gasteiger partial charge on any atom is 1.00 e. The van der Waals surface area contributed by atoms with E-state index < -0.39 is 191 Å². The van der Waals surface area contributed by atoms with Gasteiger partial charge in [0.15, 0.2) is 25.2 Å². The molecule has 27 atom stereocenters. The van der Waals surface area contributed by atoms with E-state index in [1.165, 1.54) is 21.0 Å². The quantitative estimate of drug-likeness (QED) is 0.0208. The van der Waals surface area contributed by atoms with Crippen LogP contribution in [0.4, 0.5) is 0 Å². The first-order chi connectivity index (χ1) is 39.5. The average molecular weight is 1300 g/mol. The van der Waals surface area contributed by atoms with E-state index in [4.69, 9.17) is 52.1 Å². The molecule has 0 aromatic heterocycles. The fraction of sp³-hybridized carbons (Fsp3) is 0.891. The SMILES string of the molecule is C=C(C)CCC[C@]1(C)OC(=O)C23CCC4C(=CCC5C(C)(C)C(O[C@@H]6OC[C@@H](OS(=O)(=O)[O-])C(O)C6O[C@@H]6OC(C)[C@@H](O[C@@H]7OC(COS(=O)(=O)[O-])[C@@H](O)C(O[C@@H]8OC[C@@H](O)C(OC)C8O)C7O)C(O)C6O)CC[C@]45C)C2(C)CC(OC(C)=O)C31.[Na+].[Na+]. The van der Waals surface area contributed by atoms with E-state index in [2.05, 4.69) is 34.9 Å². The van der Waals surface area contributed by atoms with Crippen molar-refractivity contribution >= 4 is 32.7 Å². The number of hydrogen-bond donors (Lipinski definition) is 7. The molecule has 0 aromatic rings. The fourth-order valence-corrected chi connectivity index (χ4v) is 17.3. The van der Waals surface area contributed by atoms with Crippen LogP contribution in [0.2, 0.25) is 0 Å². The van der Waals surface area contributed by atoms with E-state index >= 15 is 0 Å². The summed E-state index contributed by atoms with van der Waals surface area (Å²) >= 11 is 0. The predicted molar refractivity (Wildman–Crippen MR) is 282 cm³/mol. The monoisotopic (exact) mass is 1300 g/mol. The molecule has 9 rings (SSSR count). The predicted octanol–water partition coefficient (Wildman–Crippen LogP) is -6.23. The first kappa shape index (κ1) is 73.9. The summed E-state index contributed by atoms with van der Waals surface area (Å²) in [5.41, 5.74) is -1.40. The largest absolute Gasteiger partial charge is 1.00 e. The first-order valence-electron chi connectivity index (χ1n) is 29.0. The van der Waals surface area contributed by atoms with Crippen molar-refractivity contribution in [3.63, 3.8) is 0 Å². The van der Waals surface area contributed by atoms with Gasteiger partial charge in [0.25, 0.3) is 0 Å². The summed E-state index contributed by atoms with van der Waals surface area (Å²) < 4.78 is 145. The number of methoxy groups -OCH3 is 1. The van der Waals surface area contributed by atoms with Crippen molar-refractivity contribution in [2.75, 3.05) is 26.9 Å². The Morgan fingerprint density at radius 1 is 0.747 bits per heavy atom. The zero-order valence-corrected chi connectivity index (χ0v) is 56.7. The Labute approximate surface area is 551 Å². The molecule has 5 saturated heterocycles. The summed E-state index contributed by atoms with van der Waals surface area (Å²) in [4.78, 5) is 27.4. The standard InChI is InChI=1S/C55H86O28S2.2Na/c1-24(2)12-11-17-54(9)45-30(76-26(4)56)20-53(8)28-13-14-33-51(5,6)34(16-18-52(33,7)27(28)15-19-55(45,53)50(64)82-54)78-49-44(36(59)32(22-73-49)83-85(68,69)70)81-47-38(61)37(60)41(25(3)75-47)79-48-40(63)43(35(58)31(77-48)23-74-84(65,66)67)80-46-39(62)42(71-10)29(57)21-72-46;;/h13,25,27,29-49,57-63H,1,11-12,14-23H2,2-10H3,(H,65,66,67)(H,68,69,70);;/q;2*+1/p-2/t25?,27?,29-,30?,31?,32-,33?,34?,35-,36?,37?,38?,39?,40?,41-,42?,43?,44?,45?,46+,47+,48+,49+,52-,53?,54+,55?;;/m1../s1. The van der Waals surface area contributed by atoms with Crippen LogP contribution in [0.5, 0.6) is 0 Å². The molecule has 28 nitrogen and oxygen atoms in total. The molecule has 0 radical (unpaired) electrons. The van der Waals surface area contributed by atoms with Crippen LogP contribution in [0, 0.1) is 39.4 Å². The van der Waals surface area contributed by atoms with Crippen molar-refractivity contribution < 1.29 is 191 Å². The van der Waals surface area contributed by atoms with Gasteiger partial charge in [0.1, 0.15) is 91.1 Å². The number of carbonyl (C=O) groups excluding carboxylic acids is 2. The molecular formula is C55H84Na2O28S2. The van der Waals surface area contributed by atoms with Crippen LogP contribution in [0.25, 0.3) is 0 Å². The zero-order chi connectivity index (χ0) is 62.5. The Hall–Kier alpha value is -0.480. The average Bonchev–Trinajstić information content (AvgIpc) is 1.53. The molecule has 32 heteroatoms. The van der Waals surface area contributed by atoms with E-state index in [-0.39, 0.29) is 88.3 Å². The molecule has 1 spiro atoms. The van der Waals surface area contributed by atoms with E-state index in [9.17, 15) is 71.3 Å². The third kappa shape index (κ3) is 14.1. The van der Waals surface area contributed by atoms with Crippen LogP contribution in [0.3, 0.4) is 0 Å². The molecule has 9 aliphatic rings. The van der Waals surface area contributed by atoms with Crippen molar-refractivity contribution in [3.8, 4) is 0 Å². The summed E-state index contributed by atoms with van der Waals surface area (Å²) in [6, 6.07) is 0. The van der Waals surface area contributed by atoms with Crippen LogP contribution in [-0.4, -0.2) is 229 Å². The van der Waals surface area contributed by atoms with Gasteiger partial charge >= 0.3 is 71.1 Å². The van der Waals surface area contributed by atoms with Crippen LogP contribution in [-0.2, 0) is 90.9 Å². The Bertz CT molecular complexity index is 2730. The minimum absolute atomic E-state index is 0. The Balaban J connectivity index is 0.00000541. The number of ether oxygens (including phenoxy) is 11. The minimum Gasteiger partial charge on any atom is -0.726 e. The van der Waals surface area contributed by atoms with Crippen molar-refractivity contribution in [2.45, 2.75) is 242 Å². The normalized spacial score (nSPS) is 46.9. The third-order valence-electron chi connectivity index (χ3n) is 20.4. The van der Waals surface area contributed by atoms with E-state index in [0.717, 1.165) is 24.0 Å². The summed E-state index contributed by atoms with van der Waals surface area (Å²) in [6.07, 6.45) is -26.0. The number of aliphatic hydroxyl groups is 7. The van der Waals surface area contributed by atoms with E-state index in [1.807, 2.05) is 27.7 Å². The van der Waals surface area contributed by atoms with Gasteiger partial charge in [-0.05, 0) is 101 Å². The van der Waals surface area contributed by atoms with Crippen LogP contribution < -0.4 is 59.1 Å². The Kier molecular flexibility index (Phi) is 23.5. The van der Waals surface area contributed by atoms with Crippen LogP contribution in [0.1, 0.15) is 113 Å². The van der Waals surface area contributed by atoms with Gasteiger partial charge < -0.3 is 97.0 Å². The minimum atomic E-state index is -5.46. The number of rotatable bonds is 19. The van der Waals surface area contributed by atoms with Crippen LogP contribution >= 0.6 is 0 Å². The topological polar surface area (TPSA) is 410 Å². The second-order valence-corrected chi connectivity index (χ2v) is 28.1. The Morgan fingerprint density at radius 2 is 1.38 bits per heavy atom. The zero-order valence-electron chi connectivity index (χ0n) is 51.1. The van der Waals surface area contributed by atoms with Crippen molar-refractivity contribution in [2.24, 2.45) is 39.4 Å². The maximum atomic E-state index is 14.7. The third-order valence-corrected chi connectivity index (χ3v) is 21.3. The molecule has 3 saturated carbocycles. The van der Waals surface area contributed by atoms with Gasteiger partial charge in [0, 0.05) is 19.4 Å². The molecule has 5 heterocycles. The van der Waals surface area contributed by atoms with Crippen LogP contribution in [0.15, 0.2) is 23.8 Å². The molecule has 0 amide bonds. The second-order valence-electron chi connectivity index (χ2n) is 26.1. The number of esters is 2. The molecule has 486 valence electrons. The first-order valence-corrected chi connectivity index (χ1v) is 31.6. The number of allylic oxidation sites excluding steroid dienone is 3. The van der Waals surface area contributed by atoms with E-state index in [1.54, 1.807) is 0 Å². The summed E-state index contributed by atoms with van der Waals surface area (Å²) in [6.45, 7) is 16.9. The fourth-order valence-electron chi connectivity index (χ4n) is 16.5. The van der Waals surface area contributed by atoms with Gasteiger partial charge in [-0.25, -0.2) is 16.8 Å². The van der Waals surface area contributed by atoms with E-state index in [0.29, 0.717) is 44.9 Å². The molecule has 5 aliphatic heterocycles. The Morgan fingerprint density at radius 3 is 2.01 bits per heavy atom. The van der Waals surface area contributed by atoms with Crippen molar-refractivity contribution in [3.05, 3.63) is 23.8 Å². The molecule has 4 aliphatic carbocycles. The smallest absolute Gasteiger partial charge is 0.726 e. The molecule has 87 heavy (non-hydrogen) atoms. The molecule has 7 N–H and O–H groups in total. The van der Waals surface area contributed by atoms with Crippen molar-refractivity contribution in [1.29, 1.82) is 0 Å². The van der Waals surface area contributed by atoms with Crippen molar-refractivity contribution in [1.82, 2.24) is 0 Å². The molecule has 8 fully saturated rings. The van der Waals surface area contributed by atoms with Gasteiger partial charge in [-0.3, -0.25) is 18.0 Å². The molecule has 0 aromatic carbocycles. The molecule has 17 unspecified atom stereocenters. The van der Waals surface area contributed by atoms with Gasteiger partial charge in [0.2, 0.25) is 20.8 Å². The maximum absolute atomic E-state index is 14.7. The number of hydrogen-bond acceptors (Lipinski definition) is 28. The number of aliphatic hydroxyl groups excluding tert-OH is 7. The summed E-state index contributed by atoms with van der Waals surface area (Å²) in [5, 5.41) is 79.1. The molecular weight excluding hydrogens is 1220 g/mol. The summed E-state index contributed by atoms with van der Waals surface area (Å²) in [5.74, 6) is -1.14. The summed E-state index contributed by atoms with van der Waals surface area (Å²) in [7, 11) is -9.68. The van der Waals surface area contributed by atoms with Gasteiger partial charge in [-0.2, -0.15) is 0 Å². The van der Waals surface area contributed by atoms with Gasteiger partial charge in [0.05, 0.1) is 43.4 Å².